The van der Waals surface area contributed by atoms with Gasteiger partial charge in [0, 0.05) is 22.2 Å². The van der Waals surface area contributed by atoms with Crippen molar-refractivity contribution >= 4 is 16.8 Å². The van der Waals surface area contributed by atoms with Crippen LogP contribution in [0.4, 0.5) is 5.88 Å². The van der Waals surface area contributed by atoms with E-state index in [4.69, 9.17) is 15.0 Å². The number of nitrogens with zero attached hydrogens (tertiary/aromatic N) is 1. The molecule has 0 atom stereocenters. The third-order valence-electron chi connectivity index (χ3n) is 2.96. The number of rotatable bonds is 2. The van der Waals surface area contributed by atoms with Gasteiger partial charge in [0.1, 0.15) is 5.75 Å². The molecule has 0 saturated heterocycles. The van der Waals surface area contributed by atoms with Crippen molar-refractivity contribution in [2.45, 2.75) is 6.92 Å². The summed E-state index contributed by atoms with van der Waals surface area (Å²) in [5.74, 6) is 1.03. The first-order valence-corrected chi connectivity index (χ1v) is 5.57. The lowest BCUT2D eigenvalue weighted by Crippen LogP contribution is -1.90. The number of methoxy groups -OCH3 is 1. The number of hydrogen-bond acceptors (Lipinski definition) is 4. The highest BCUT2D eigenvalue weighted by Crippen LogP contribution is 2.36. The summed E-state index contributed by atoms with van der Waals surface area (Å²) in [5.41, 5.74) is 9.48. The second-order valence-electron chi connectivity index (χ2n) is 4.20. The van der Waals surface area contributed by atoms with Crippen molar-refractivity contribution < 1.29 is 9.26 Å². The Balaban J connectivity index is 2.30. The van der Waals surface area contributed by atoms with Crippen LogP contribution in [-0.2, 0) is 0 Å². The van der Waals surface area contributed by atoms with E-state index in [0.29, 0.717) is 0 Å². The summed E-state index contributed by atoms with van der Waals surface area (Å²) < 4.78 is 10.3. The number of H-pyrrole nitrogens is 1. The van der Waals surface area contributed by atoms with Gasteiger partial charge in [-0.1, -0.05) is 5.16 Å². The Bertz CT molecular complexity index is 712. The molecule has 0 aliphatic heterocycles. The number of nitrogens with two attached hydrogens (primary N) is 1. The molecule has 0 radical (unpaired) electrons. The van der Waals surface area contributed by atoms with Crippen molar-refractivity contribution in [3.8, 4) is 16.9 Å². The number of ether oxygens (including phenoxy) is 1. The minimum atomic E-state index is 0.288. The number of aromatic nitrogens is 2. The lowest BCUT2D eigenvalue weighted by molar-refractivity contribution is 0.417. The molecule has 5 heteroatoms. The smallest absolute Gasteiger partial charge is 0.230 e. The van der Waals surface area contributed by atoms with Crippen LogP contribution in [0.1, 0.15) is 5.69 Å². The number of anilines is 1. The van der Waals surface area contributed by atoms with E-state index in [1.807, 2.05) is 19.1 Å². The van der Waals surface area contributed by atoms with Crippen molar-refractivity contribution in [1.82, 2.24) is 10.1 Å². The third-order valence-corrected chi connectivity index (χ3v) is 2.96. The Morgan fingerprint density at radius 1 is 1.28 bits per heavy atom. The number of benzene rings is 1. The Labute approximate surface area is 104 Å². The third kappa shape index (κ3) is 1.52. The zero-order valence-corrected chi connectivity index (χ0v) is 10.2. The molecular formula is C13H13N3O2. The molecule has 92 valence electrons. The van der Waals surface area contributed by atoms with Gasteiger partial charge in [-0.15, -0.1) is 0 Å². The van der Waals surface area contributed by atoms with Gasteiger partial charge in [0.25, 0.3) is 0 Å². The number of aryl methyl sites for hydroxylation is 1. The summed E-state index contributed by atoms with van der Waals surface area (Å²) in [5, 5.41) is 4.79. The minimum absolute atomic E-state index is 0.288. The molecule has 18 heavy (non-hydrogen) atoms. The van der Waals surface area contributed by atoms with Crippen molar-refractivity contribution in [2.24, 2.45) is 0 Å². The van der Waals surface area contributed by atoms with E-state index in [1.165, 1.54) is 0 Å². The second kappa shape index (κ2) is 3.80. The molecule has 0 fully saturated rings. The molecule has 0 aliphatic rings. The molecule has 5 nitrogen and oxygen atoms in total. The fourth-order valence-corrected chi connectivity index (χ4v) is 2.14. The van der Waals surface area contributed by atoms with Gasteiger partial charge in [-0.2, -0.15) is 0 Å². The Hall–Kier alpha value is -2.43. The van der Waals surface area contributed by atoms with Gasteiger partial charge < -0.3 is 20.0 Å². The monoisotopic (exact) mass is 243 g/mol. The van der Waals surface area contributed by atoms with Gasteiger partial charge in [0.2, 0.25) is 5.88 Å². The number of fused-ring (bicyclic) bond motifs is 1. The summed E-state index contributed by atoms with van der Waals surface area (Å²) in [6.45, 7) is 2.01. The maximum absolute atomic E-state index is 5.75. The molecule has 0 spiro atoms. The van der Waals surface area contributed by atoms with Gasteiger partial charge in [0.05, 0.1) is 18.9 Å². The lowest BCUT2D eigenvalue weighted by Gasteiger charge is -2.07. The Morgan fingerprint density at radius 3 is 2.78 bits per heavy atom. The van der Waals surface area contributed by atoms with Crippen LogP contribution in [-0.4, -0.2) is 17.3 Å². The second-order valence-corrected chi connectivity index (χ2v) is 4.20. The van der Waals surface area contributed by atoms with Gasteiger partial charge in [-0.25, -0.2) is 0 Å². The highest BCUT2D eigenvalue weighted by Gasteiger charge is 2.14. The van der Waals surface area contributed by atoms with Crippen LogP contribution in [0.3, 0.4) is 0 Å². The van der Waals surface area contributed by atoms with Crippen LogP contribution in [0.5, 0.6) is 5.75 Å². The van der Waals surface area contributed by atoms with E-state index in [9.17, 15) is 0 Å². The number of nitrogens with one attached hydrogen (secondary N) is 1. The minimum Gasteiger partial charge on any atom is -0.496 e. The van der Waals surface area contributed by atoms with Gasteiger partial charge in [-0.3, -0.25) is 0 Å². The fourth-order valence-electron chi connectivity index (χ4n) is 2.14. The van der Waals surface area contributed by atoms with E-state index >= 15 is 0 Å². The molecule has 0 unspecified atom stereocenters. The molecular weight excluding hydrogens is 230 g/mol. The van der Waals surface area contributed by atoms with E-state index < -0.39 is 0 Å². The molecule has 2 aromatic heterocycles. The molecule has 0 amide bonds. The van der Waals surface area contributed by atoms with Crippen molar-refractivity contribution in [3.05, 3.63) is 30.1 Å². The molecule has 0 aliphatic carbocycles. The van der Waals surface area contributed by atoms with E-state index in [-0.39, 0.29) is 5.88 Å². The first kappa shape index (κ1) is 10.7. The number of aromatic amines is 1. The van der Waals surface area contributed by atoms with Gasteiger partial charge in [-0.05, 0) is 25.1 Å². The lowest BCUT2D eigenvalue weighted by atomic mass is 10.1. The summed E-state index contributed by atoms with van der Waals surface area (Å²) in [4.78, 5) is 3.28. The molecule has 3 rings (SSSR count). The fraction of sp³-hybridized carbons (Fsp3) is 0.154. The van der Waals surface area contributed by atoms with Crippen LogP contribution in [0.25, 0.3) is 22.0 Å². The van der Waals surface area contributed by atoms with Crippen LogP contribution in [0.15, 0.2) is 28.9 Å². The number of nitrogen functional groups attached to an aromatic ring is 1. The first-order chi connectivity index (χ1) is 8.69. The van der Waals surface area contributed by atoms with Crippen molar-refractivity contribution in [3.63, 3.8) is 0 Å². The highest BCUT2D eigenvalue weighted by atomic mass is 16.5. The van der Waals surface area contributed by atoms with Crippen molar-refractivity contribution in [1.29, 1.82) is 0 Å². The topological polar surface area (TPSA) is 77.1 Å². The summed E-state index contributed by atoms with van der Waals surface area (Å²) in [7, 11) is 1.63. The largest absolute Gasteiger partial charge is 0.496 e. The average molecular weight is 243 g/mol. The number of hydrogen-bond donors (Lipinski definition) is 2. The molecule has 0 bridgehead atoms. The zero-order chi connectivity index (χ0) is 12.7. The van der Waals surface area contributed by atoms with E-state index in [0.717, 1.165) is 33.5 Å². The first-order valence-electron chi connectivity index (χ1n) is 5.57. The van der Waals surface area contributed by atoms with E-state index in [1.54, 1.807) is 13.3 Å². The van der Waals surface area contributed by atoms with Crippen LogP contribution >= 0.6 is 0 Å². The Kier molecular flexibility index (Phi) is 2.26. The molecule has 3 N–H and O–H groups in total. The van der Waals surface area contributed by atoms with E-state index in [2.05, 4.69) is 16.2 Å². The molecule has 3 aromatic rings. The predicted molar refractivity (Wildman–Crippen MR) is 69.5 cm³/mol. The summed E-state index contributed by atoms with van der Waals surface area (Å²) >= 11 is 0. The Morgan fingerprint density at radius 2 is 2.11 bits per heavy atom. The average Bonchev–Trinajstić information content (AvgIpc) is 2.91. The zero-order valence-electron chi connectivity index (χ0n) is 10.2. The van der Waals surface area contributed by atoms with Crippen LogP contribution in [0.2, 0.25) is 0 Å². The molecule has 1 aromatic carbocycles. The summed E-state index contributed by atoms with van der Waals surface area (Å²) in [6, 6.07) is 6.03. The molecule has 0 saturated carbocycles. The maximum Gasteiger partial charge on any atom is 0.230 e. The van der Waals surface area contributed by atoms with Gasteiger partial charge in [0.15, 0.2) is 0 Å². The van der Waals surface area contributed by atoms with Crippen molar-refractivity contribution in [2.75, 3.05) is 12.8 Å². The SMILES string of the molecule is COc1cc2cc(C)[nH]c2cc1-c1cnoc1N. The normalized spacial score (nSPS) is 11.0. The molecule has 2 heterocycles. The summed E-state index contributed by atoms with van der Waals surface area (Å²) in [6.07, 6.45) is 1.59. The van der Waals surface area contributed by atoms with Crippen LogP contribution < -0.4 is 10.5 Å². The van der Waals surface area contributed by atoms with Crippen LogP contribution in [0, 0.1) is 6.92 Å². The quantitative estimate of drug-likeness (QED) is 0.725. The predicted octanol–water partition coefficient (Wildman–Crippen LogP) is 2.72. The van der Waals surface area contributed by atoms with Gasteiger partial charge >= 0.3 is 0 Å². The highest BCUT2D eigenvalue weighted by molar-refractivity contribution is 5.90. The standard InChI is InChI=1S/C13H13N3O2/c1-7-3-8-4-12(17-2)9(5-11(8)16-7)10-6-15-18-13(10)14/h3-6,16H,14H2,1-2H3. The maximum atomic E-state index is 5.75.